The highest BCUT2D eigenvalue weighted by atomic mass is 32.1. The number of thiophene rings is 1. The first-order valence-corrected chi connectivity index (χ1v) is 10.8. The van der Waals surface area contributed by atoms with Crippen LogP contribution >= 0.6 is 23.6 Å². The van der Waals surface area contributed by atoms with Crippen LogP contribution in [0.4, 0.5) is 5.00 Å². The highest BCUT2D eigenvalue weighted by Gasteiger charge is 2.27. The van der Waals surface area contributed by atoms with Gasteiger partial charge < -0.3 is 14.8 Å². The minimum atomic E-state index is -0.391. The predicted molar refractivity (Wildman–Crippen MR) is 118 cm³/mol. The van der Waals surface area contributed by atoms with Gasteiger partial charge in [0, 0.05) is 10.4 Å². The van der Waals surface area contributed by atoms with Crippen LogP contribution in [0.3, 0.4) is 0 Å². The van der Waals surface area contributed by atoms with E-state index in [1.54, 1.807) is 18.2 Å². The Kier molecular flexibility index (Phi) is 7.22. The predicted octanol–water partition coefficient (Wildman–Crippen LogP) is 4.33. The lowest BCUT2D eigenvalue weighted by Gasteiger charge is -2.11. The molecule has 1 aliphatic rings. The smallest absolute Gasteiger partial charge is 0.341 e. The molecule has 2 aromatic rings. The fraction of sp³-hybridized carbons (Fsp3) is 0.381. The Morgan fingerprint density at radius 2 is 2.10 bits per heavy atom. The van der Waals surface area contributed by atoms with Gasteiger partial charge in [-0.25, -0.2) is 4.79 Å². The SMILES string of the molecule is CCCCOc1cccc(C(=O)NC(=S)Nc2sc3c(c2C(=O)OC)CCC3)c1. The van der Waals surface area contributed by atoms with E-state index in [1.807, 2.05) is 6.07 Å². The first kappa shape index (κ1) is 21.3. The zero-order valence-electron chi connectivity index (χ0n) is 16.5. The number of amides is 1. The lowest BCUT2D eigenvalue weighted by atomic mass is 10.1. The maximum absolute atomic E-state index is 12.6. The van der Waals surface area contributed by atoms with Gasteiger partial charge in [0.15, 0.2) is 5.11 Å². The second-order valence-corrected chi connectivity index (χ2v) is 8.20. The number of fused-ring (bicyclic) bond motifs is 1. The van der Waals surface area contributed by atoms with Crippen molar-refractivity contribution >= 4 is 45.5 Å². The summed E-state index contributed by atoms with van der Waals surface area (Å²) < 4.78 is 10.6. The van der Waals surface area contributed by atoms with E-state index in [-0.39, 0.29) is 11.0 Å². The van der Waals surface area contributed by atoms with Gasteiger partial charge in [0.1, 0.15) is 10.8 Å². The molecule has 3 rings (SSSR count). The number of carbonyl (C=O) groups excluding carboxylic acids is 2. The number of ether oxygens (including phenoxy) is 2. The molecule has 0 bridgehead atoms. The van der Waals surface area contributed by atoms with Crippen LogP contribution in [-0.2, 0) is 17.6 Å². The van der Waals surface area contributed by atoms with Crippen molar-refractivity contribution in [2.24, 2.45) is 0 Å². The lowest BCUT2D eigenvalue weighted by molar-refractivity contribution is 0.0601. The van der Waals surface area contributed by atoms with Crippen LogP contribution in [0, 0.1) is 0 Å². The average Bonchev–Trinajstić information content (AvgIpc) is 3.28. The van der Waals surface area contributed by atoms with Crippen LogP contribution in [-0.4, -0.2) is 30.7 Å². The third-order valence-corrected chi connectivity index (χ3v) is 6.04. The molecule has 1 amide bonds. The number of unbranched alkanes of at least 4 members (excludes halogenated alkanes) is 1. The molecule has 0 saturated carbocycles. The van der Waals surface area contributed by atoms with E-state index in [9.17, 15) is 9.59 Å². The molecule has 1 aromatic heterocycles. The zero-order valence-corrected chi connectivity index (χ0v) is 18.1. The van der Waals surface area contributed by atoms with Crippen molar-refractivity contribution in [2.45, 2.75) is 39.0 Å². The van der Waals surface area contributed by atoms with E-state index in [0.717, 1.165) is 37.7 Å². The maximum atomic E-state index is 12.6. The monoisotopic (exact) mass is 432 g/mol. The summed E-state index contributed by atoms with van der Waals surface area (Å²) in [5.41, 5.74) is 1.99. The molecule has 29 heavy (non-hydrogen) atoms. The summed E-state index contributed by atoms with van der Waals surface area (Å²) >= 11 is 6.79. The van der Waals surface area contributed by atoms with Crippen molar-refractivity contribution in [3.8, 4) is 5.75 Å². The molecule has 154 valence electrons. The van der Waals surface area contributed by atoms with E-state index in [4.69, 9.17) is 21.7 Å². The van der Waals surface area contributed by atoms with Gasteiger partial charge >= 0.3 is 5.97 Å². The number of hydrogen-bond donors (Lipinski definition) is 2. The Morgan fingerprint density at radius 3 is 2.86 bits per heavy atom. The van der Waals surface area contributed by atoms with Gasteiger partial charge in [-0.05, 0) is 61.7 Å². The molecule has 1 heterocycles. The molecule has 0 saturated heterocycles. The Bertz CT molecular complexity index is 923. The van der Waals surface area contributed by atoms with E-state index in [1.165, 1.54) is 23.3 Å². The average molecular weight is 433 g/mol. The molecular weight excluding hydrogens is 408 g/mol. The van der Waals surface area contributed by atoms with E-state index >= 15 is 0 Å². The Hall–Kier alpha value is -2.45. The molecule has 2 N–H and O–H groups in total. The lowest BCUT2D eigenvalue weighted by Crippen LogP contribution is -2.34. The van der Waals surface area contributed by atoms with Crippen LogP contribution in [0.5, 0.6) is 5.75 Å². The molecule has 6 nitrogen and oxygen atoms in total. The molecule has 8 heteroatoms. The summed E-state index contributed by atoms with van der Waals surface area (Å²) in [5.74, 6) is -0.0854. The van der Waals surface area contributed by atoms with Crippen molar-refractivity contribution < 1.29 is 19.1 Å². The van der Waals surface area contributed by atoms with Crippen molar-refractivity contribution in [1.29, 1.82) is 0 Å². The van der Waals surface area contributed by atoms with E-state index < -0.39 is 5.97 Å². The third kappa shape index (κ3) is 5.13. The van der Waals surface area contributed by atoms with Gasteiger partial charge in [0.2, 0.25) is 0 Å². The van der Waals surface area contributed by atoms with Gasteiger partial charge in [0.25, 0.3) is 5.91 Å². The Labute approximate surface area is 179 Å². The number of benzene rings is 1. The minimum Gasteiger partial charge on any atom is -0.494 e. The summed E-state index contributed by atoms with van der Waals surface area (Å²) in [6, 6.07) is 6.97. The second-order valence-electron chi connectivity index (χ2n) is 6.69. The van der Waals surface area contributed by atoms with Gasteiger partial charge in [-0.3, -0.25) is 10.1 Å². The second kappa shape index (κ2) is 9.84. The number of anilines is 1. The van der Waals surface area contributed by atoms with Gasteiger partial charge in [-0.15, -0.1) is 11.3 Å². The van der Waals surface area contributed by atoms with Crippen LogP contribution in [0.15, 0.2) is 24.3 Å². The summed E-state index contributed by atoms with van der Waals surface area (Å²) in [7, 11) is 1.36. The summed E-state index contributed by atoms with van der Waals surface area (Å²) in [6.45, 7) is 2.70. The number of nitrogens with one attached hydrogen (secondary N) is 2. The number of hydrogen-bond acceptors (Lipinski definition) is 6. The normalized spacial score (nSPS) is 12.2. The summed E-state index contributed by atoms with van der Waals surface area (Å²) in [4.78, 5) is 26.0. The van der Waals surface area contributed by atoms with Crippen LogP contribution < -0.4 is 15.4 Å². The van der Waals surface area contributed by atoms with Crippen molar-refractivity contribution in [3.63, 3.8) is 0 Å². The van der Waals surface area contributed by atoms with Crippen molar-refractivity contribution in [3.05, 3.63) is 45.8 Å². The maximum Gasteiger partial charge on any atom is 0.341 e. The first-order valence-electron chi connectivity index (χ1n) is 9.61. The standard InChI is InChI=1S/C21H24N2O4S2/c1-3-4-11-27-14-8-5-7-13(12-14)18(24)22-21(28)23-19-17(20(25)26-2)15-9-6-10-16(15)29-19/h5,7-8,12H,3-4,6,9-11H2,1-2H3,(H2,22,23,24,28). The molecule has 0 radical (unpaired) electrons. The van der Waals surface area contributed by atoms with Gasteiger partial charge in [0.05, 0.1) is 19.3 Å². The number of methoxy groups -OCH3 is 1. The first-order chi connectivity index (χ1) is 14.0. The molecule has 1 aliphatic carbocycles. The molecule has 0 atom stereocenters. The van der Waals surface area contributed by atoms with E-state index in [0.29, 0.717) is 28.5 Å². The number of rotatable bonds is 7. The summed E-state index contributed by atoms with van der Waals surface area (Å²) in [6.07, 6.45) is 4.82. The fourth-order valence-corrected chi connectivity index (χ4v) is 4.72. The molecule has 0 fully saturated rings. The van der Waals surface area contributed by atoms with Gasteiger partial charge in [-0.2, -0.15) is 0 Å². The Balaban J connectivity index is 1.66. The van der Waals surface area contributed by atoms with Crippen molar-refractivity contribution in [2.75, 3.05) is 19.0 Å². The molecular formula is C21H24N2O4S2. The topological polar surface area (TPSA) is 76.7 Å². The van der Waals surface area contributed by atoms with E-state index in [2.05, 4.69) is 17.6 Å². The fourth-order valence-electron chi connectivity index (χ4n) is 3.18. The molecule has 1 aromatic carbocycles. The zero-order chi connectivity index (χ0) is 20.8. The largest absolute Gasteiger partial charge is 0.494 e. The van der Waals surface area contributed by atoms with Crippen molar-refractivity contribution in [1.82, 2.24) is 5.32 Å². The molecule has 0 spiro atoms. The molecule has 0 aliphatic heterocycles. The number of thiocarbonyl (C=S) groups is 1. The Morgan fingerprint density at radius 1 is 1.28 bits per heavy atom. The number of carbonyl (C=O) groups is 2. The highest BCUT2D eigenvalue weighted by molar-refractivity contribution is 7.80. The number of aryl methyl sites for hydroxylation is 1. The van der Waals surface area contributed by atoms with Gasteiger partial charge in [-0.1, -0.05) is 19.4 Å². The van der Waals surface area contributed by atoms with Crippen LogP contribution in [0.25, 0.3) is 0 Å². The third-order valence-electron chi connectivity index (χ3n) is 4.63. The van der Waals surface area contributed by atoms with Crippen LogP contribution in [0.2, 0.25) is 0 Å². The van der Waals surface area contributed by atoms with Crippen LogP contribution in [0.1, 0.15) is 57.3 Å². The highest BCUT2D eigenvalue weighted by Crippen LogP contribution is 2.39. The number of esters is 1. The summed E-state index contributed by atoms with van der Waals surface area (Å²) in [5, 5.41) is 6.42. The minimum absolute atomic E-state index is 0.136. The molecule has 0 unspecified atom stereocenters. The quantitative estimate of drug-likeness (QED) is 0.385.